The molecule has 0 spiro atoms. The van der Waals surface area contributed by atoms with Crippen LogP contribution in [0.3, 0.4) is 0 Å². The number of aryl methyl sites for hydroxylation is 1. The molecule has 1 N–H and O–H groups in total. The van der Waals surface area contributed by atoms with Crippen molar-refractivity contribution in [1.82, 2.24) is 13.7 Å². The molecule has 32 heavy (non-hydrogen) atoms. The molecule has 0 saturated heterocycles. The van der Waals surface area contributed by atoms with Crippen LogP contribution >= 0.6 is 11.6 Å². The lowest BCUT2D eigenvalue weighted by molar-refractivity contribution is 0.102. The van der Waals surface area contributed by atoms with Gasteiger partial charge in [-0.25, -0.2) is 17.7 Å². The molecular weight excluding hydrogens is 448 g/mol. The van der Waals surface area contributed by atoms with E-state index >= 15 is 0 Å². The van der Waals surface area contributed by atoms with Gasteiger partial charge in [-0.15, -0.1) is 0 Å². The Hall–Kier alpha value is -3.20. The smallest absolute Gasteiger partial charge is 0.256 e. The molecule has 1 amide bonds. The van der Waals surface area contributed by atoms with Crippen molar-refractivity contribution in [1.29, 1.82) is 0 Å². The van der Waals surface area contributed by atoms with Gasteiger partial charge in [-0.05, 0) is 36.8 Å². The molecule has 9 heteroatoms. The summed E-state index contributed by atoms with van der Waals surface area (Å²) in [4.78, 5) is 17.8. The van der Waals surface area contributed by atoms with Gasteiger partial charge < -0.3 is 5.32 Å². The minimum Gasteiger partial charge on any atom is -0.306 e. The standard InChI is InChI=1S/C23H21ClN4O3S/c1-15-8-7-13-28-21(15)25-20(16-9-5-4-6-10-16)22(28)26-23(29)17-11-12-18(24)19(14-17)32(30,31)27(2)3/h4-14H,1-3H3,(H,26,29). The Labute approximate surface area is 191 Å². The highest BCUT2D eigenvalue weighted by Gasteiger charge is 2.24. The van der Waals surface area contributed by atoms with E-state index in [-0.39, 0.29) is 15.5 Å². The highest BCUT2D eigenvalue weighted by Crippen LogP contribution is 2.31. The molecule has 2 aromatic carbocycles. The van der Waals surface area contributed by atoms with Gasteiger partial charge in [0, 0.05) is 31.4 Å². The van der Waals surface area contributed by atoms with Crippen LogP contribution in [-0.4, -0.2) is 42.1 Å². The van der Waals surface area contributed by atoms with Crippen LogP contribution in [0.4, 0.5) is 5.82 Å². The number of carbonyl (C=O) groups excluding carboxylic acids is 1. The van der Waals surface area contributed by atoms with E-state index in [0.29, 0.717) is 17.2 Å². The maximum atomic E-state index is 13.2. The zero-order valence-electron chi connectivity index (χ0n) is 17.7. The van der Waals surface area contributed by atoms with E-state index in [0.717, 1.165) is 15.4 Å². The summed E-state index contributed by atoms with van der Waals surface area (Å²) in [5.74, 6) is 0.0178. The number of hydrogen-bond donors (Lipinski definition) is 1. The first-order chi connectivity index (χ1) is 15.2. The molecular formula is C23H21ClN4O3S. The molecule has 2 aromatic heterocycles. The van der Waals surface area contributed by atoms with E-state index in [9.17, 15) is 13.2 Å². The first kappa shape index (κ1) is 22.0. The summed E-state index contributed by atoms with van der Waals surface area (Å²) >= 11 is 6.12. The number of aromatic nitrogens is 2. The van der Waals surface area contributed by atoms with Crippen LogP contribution in [0, 0.1) is 6.92 Å². The van der Waals surface area contributed by atoms with Gasteiger partial charge in [0.15, 0.2) is 0 Å². The third-order valence-electron chi connectivity index (χ3n) is 5.08. The average molecular weight is 469 g/mol. The monoisotopic (exact) mass is 468 g/mol. The summed E-state index contributed by atoms with van der Waals surface area (Å²) in [5.41, 5.74) is 3.29. The molecule has 4 rings (SSSR count). The lowest BCUT2D eigenvalue weighted by Crippen LogP contribution is -2.23. The Bertz CT molecular complexity index is 1430. The fourth-order valence-corrected chi connectivity index (χ4v) is 4.73. The average Bonchev–Trinajstić information content (AvgIpc) is 3.14. The lowest BCUT2D eigenvalue weighted by Gasteiger charge is -2.14. The van der Waals surface area contributed by atoms with Crippen LogP contribution in [-0.2, 0) is 10.0 Å². The van der Waals surface area contributed by atoms with Crippen LogP contribution in [0.5, 0.6) is 0 Å². The Morgan fingerprint density at radius 1 is 1.06 bits per heavy atom. The third-order valence-corrected chi connectivity index (χ3v) is 7.37. The lowest BCUT2D eigenvalue weighted by atomic mass is 10.1. The molecule has 0 aliphatic rings. The van der Waals surface area contributed by atoms with Crippen LogP contribution in [0.2, 0.25) is 5.02 Å². The van der Waals surface area contributed by atoms with Crippen molar-refractivity contribution in [3.63, 3.8) is 0 Å². The van der Waals surface area contributed by atoms with Crippen molar-refractivity contribution in [2.45, 2.75) is 11.8 Å². The summed E-state index contributed by atoms with van der Waals surface area (Å²) in [6, 6.07) is 17.5. The topological polar surface area (TPSA) is 83.8 Å². The number of amides is 1. The Kier molecular flexibility index (Phi) is 5.77. The van der Waals surface area contributed by atoms with Gasteiger partial charge in [-0.2, -0.15) is 0 Å². The molecule has 0 radical (unpaired) electrons. The maximum absolute atomic E-state index is 13.2. The van der Waals surface area contributed by atoms with Crippen molar-refractivity contribution in [3.05, 3.63) is 83.0 Å². The number of pyridine rings is 1. The second kappa shape index (κ2) is 8.38. The van der Waals surface area contributed by atoms with Crippen LogP contribution < -0.4 is 5.32 Å². The zero-order valence-corrected chi connectivity index (χ0v) is 19.3. The molecule has 7 nitrogen and oxygen atoms in total. The predicted molar refractivity (Wildman–Crippen MR) is 126 cm³/mol. The van der Waals surface area contributed by atoms with E-state index < -0.39 is 15.9 Å². The molecule has 164 valence electrons. The van der Waals surface area contributed by atoms with E-state index in [4.69, 9.17) is 16.6 Å². The van der Waals surface area contributed by atoms with Gasteiger partial charge in [-0.3, -0.25) is 9.20 Å². The summed E-state index contributed by atoms with van der Waals surface area (Å²) in [7, 11) is -0.997. The number of nitrogens with one attached hydrogen (secondary N) is 1. The maximum Gasteiger partial charge on any atom is 0.256 e. The number of imidazole rings is 1. The minimum atomic E-state index is -3.81. The number of fused-ring (bicyclic) bond motifs is 1. The summed E-state index contributed by atoms with van der Waals surface area (Å²) in [5, 5.41) is 2.96. The first-order valence-electron chi connectivity index (χ1n) is 9.76. The van der Waals surface area contributed by atoms with Crippen LogP contribution in [0.15, 0.2) is 71.8 Å². The molecule has 0 saturated carbocycles. The SMILES string of the molecule is Cc1cccn2c(NC(=O)c3ccc(Cl)c(S(=O)(=O)N(C)C)c3)c(-c3ccccc3)nc12. The molecule has 2 heterocycles. The highest BCUT2D eigenvalue weighted by atomic mass is 35.5. The molecule has 0 bridgehead atoms. The van der Waals surface area contributed by atoms with Gasteiger partial charge >= 0.3 is 0 Å². The Morgan fingerprint density at radius 2 is 1.78 bits per heavy atom. The van der Waals surface area contributed by atoms with Gasteiger partial charge in [0.05, 0.1) is 5.02 Å². The minimum absolute atomic E-state index is 0.0469. The van der Waals surface area contributed by atoms with Gasteiger partial charge in [0.1, 0.15) is 22.1 Å². The van der Waals surface area contributed by atoms with Gasteiger partial charge in [0.2, 0.25) is 10.0 Å². The third kappa shape index (κ3) is 3.88. The van der Waals surface area contributed by atoms with Crippen LogP contribution in [0.1, 0.15) is 15.9 Å². The first-order valence-corrected chi connectivity index (χ1v) is 11.6. The number of nitrogens with zero attached hydrogens (tertiary/aromatic N) is 3. The van der Waals surface area contributed by atoms with E-state index in [1.807, 2.05) is 60.0 Å². The van der Waals surface area contributed by atoms with Crippen molar-refractivity contribution in [3.8, 4) is 11.3 Å². The van der Waals surface area contributed by atoms with Crippen molar-refractivity contribution in [2.75, 3.05) is 19.4 Å². The summed E-state index contributed by atoms with van der Waals surface area (Å²) in [6.07, 6.45) is 1.82. The van der Waals surface area contributed by atoms with E-state index in [1.165, 1.54) is 32.3 Å². The largest absolute Gasteiger partial charge is 0.306 e. The van der Waals surface area contributed by atoms with E-state index in [1.54, 1.807) is 0 Å². The summed E-state index contributed by atoms with van der Waals surface area (Å²) < 4.78 is 28.0. The van der Waals surface area contributed by atoms with Crippen LogP contribution in [0.25, 0.3) is 16.9 Å². The van der Waals surface area contributed by atoms with Crippen molar-refractivity contribution in [2.24, 2.45) is 0 Å². The Balaban J connectivity index is 1.81. The summed E-state index contributed by atoms with van der Waals surface area (Å²) in [6.45, 7) is 1.94. The quantitative estimate of drug-likeness (QED) is 0.468. The fourth-order valence-electron chi connectivity index (χ4n) is 3.34. The fraction of sp³-hybridized carbons (Fsp3) is 0.130. The van der Waals surface area contributed by atoms with E-state index in [2.05, 4.69) is 5.32 Å². The molecule has 4 aromatic rings. The molecule has 0 aliphatic heterocycles. The van der Waals surface area contributed by atoms with Gasteiger partial charge in [0.25, 0.3) is 5.91 Å². The molecule has 0 fully saturated rings. The second-order valence-electron chi connectivity index (χ2n) is 7.45. The zero-order chi connectivity index (χ0) is 23.0. The number of rotatable bonds is 5. The van der Waals surface area contributed by atoms with Gasteiger partial charge in [-0.1, -0.05) is 48.0 Å². The van der Waals surface area contributed by atoms with Crippen molar-refractivity contribution >= 4 is 39.0 Å². The predicted octanol–water partition coefficient (Wildman–Crippen LogP) is 4.47. The van der Waals surface area contributed by atoms with Crippen molar-refractivity contribution < 1.29 is 13.2 Å². The number of benzene rings is 2. The number of carbonyl (C=O) groups is 1. The highest BCUT2D eigenvalue weighted by molar-refractivity contribution is 7.89. The number of halogens is 1. The molecule has 0 atom stereocenters. The molecule has 0 unspecified atom stereocenters. The second-order valence-corrected chi connectivity index (χ2v) is 9.97. The number of hydrogen-bond acceptors (Lipinski definition) is 4. The number of anilines is 1. The Morgan fingerprint density at radius 3 is 2.47 bits per heavy atom. The molecule has 0 aliphatic carbocycles. The normalized spacial score (nSPS) is 11.8. The number of sulfonamides is 1.